The summed E-state index contributed by atoms with van der Waals surface area (Å²) in [6, 6.07) is 9.93. The topological polar surface area (TPSA) is 84.6 Å². The number of hydrogen-bond acceptors (Lipinski definition) is 6. The SMILES string of the molecule is Cc1sc2c(c1C)C(c1ccccc1)=NC(NC(=O)N1CCOCC1)c1nnc(C)n1-2. The number of ether oxygens (including phenoxy) is 1. The van der Waals surface area contributed by atoms with E-state index in [9.17, 15) is 4.79 Å². The molecular formula is C22H24N6O2S. The summed E-state index contributed by atoms with van der Waals surface area (Å²) in [5.74, 6) is 1.39. The summed E-state index contributed by atoms with van der Waals surface area (Å²) in [6.45, 7) is 8.38. The molecule has 160 valence electrons. The lowest BCUT2D eigenvalue weighted by Gasteiger charge is -2.28. The van der Waals surface area contributed by atoms with Crippen LogP contribution in [0.4, 0.5) is 4.79 Å². The van der Waals surface area contributed by atoms with Gasteiger partial charge in [0.2, 0.25) is 0 Å². The Morgan fingerprint density at radius 3 is 2.61 bits per heavy atom. The van der Waals surface area contributed by atoms with Crippen molar-refractivity contribution in [1.29, 1.82) is 0 Å². The molecule has 1 saturated heterocycles. The zero-order valence-electron chi connectivity index (χ0n) is 17.8. The fourth-order valence-electron chi connectivity index (χ4n) is 3.99. The molecule has 1 fully saturated rings. The van der Waals surface area contributed by atoms with Crippen LogP contribution in [-0.2, 0) is 4.74 Å². The minimum Gasteiger partial charge on any atom is -0.378 e. The van der Waals surface area contributed by atoms with Crippen LogP contribution in [0.1, 0.15) is 39.4 Å². The molecule has 3 aromatic rings. The first kappa shape index (κ1) is 19.9. The highest BCUT2D eigenvalue weighted by molar-refractivity contribution is 7.15. The number of rotatable bonds is 2. The Balaban J connectivity index is 1.66. The summed E-state index contributed by atoms with van der Waals surface area (Å²) in [5, 5.41) is 12.8. The average molecular weight is 437 g/mol. The number of morpholine rings is 1. The highest BCUT2D eigenvalue weighted by atomic mass is 32.1. The normalized spacial score (nSPS) is 18.1. The highest BCUT2D eigenvalue weighted by Gasteiger charge is 2.33. The van der Waals surface area contributed by atoms with Crippen molar-refractivity contribution in [3.8, 4) is 5.00 Å². The van der Waals surface area contributed by atoms with E-state index >= 15 is 0 Å². The molecule has 1 unspecified atom stereocenters. The summed E-state index contributed by atoms with van der Waals surface area (Å²) in [6.07, 6.45) is -0.647. The molecule has 2 aromatic heterocycles. The number of aliphatic imine (C=N–C) groups is 1. The van der Waals surface area contributed by atoms with Gasteiger partial charge in [-0.2, -0.15) is 0 Å². The van der Waals surface area contributed by atoms with E-state index in [4.69, 9.17) is 9.73 Å². The van der Waals surface area contributed by atoms with Gasteiger partial charge in [0.1, 0.15) is 10.8 Å². The van der Waals surface area contributed by atoms with Crippen LogP contribution in [-0.4, -0.2) is 57.7 Å². The Kier molecular flexibility index (Phi) is 5.07. The maximum atomic E-state index is 13.0. The summed E-state index contributed by atoms with van der Waals surface area (Å²) >= 11 is 1.70. The van der Waals surface area contributed by atoms with Crippen molar-refractivity contribution in [2.24, 2.45) is 4.99 Å². The van der Waals surface area contributed by atoms with Crippen molar-refractivity contribution in [2.45, 2.75) is 26.9 Å². The average Bonchev–Trinajstić information content (AvgIpc) is 3.27. The van der Waals surface area contributed by atoms with E-state index in [-0.39, 0.29) is 6.03 Å². The first-order valence-corrected chi connectivity index (χ1v) is 11.2. The zero-order valence-corrected chi connectivity index (χ0v) is 18.6. The second kappa shape index (κ2) is 7.90. The number of hydrogen-bond donors (Lipinski definition) is 1. The first-order chi connectivity index (χ1) is 15.0. The van der Waals surface area contributed by atoms with Crippen LogP contribution >= 0.6 is 11.3 Å². The Labute approximate surface area is 184 Å². The Bertz CT molecular complexity index is 1160. The van der Waals surface area contributed by atoms with Gasteiger partial charge < -0.3 is 15.0 Å². The van der Waals surface area contributed by atoms with Crippen molar-refractivity contribution >= 4 is 23.1 Å². The van der Waals surface area contributed by atoms with Crippen molar-refractivity contribution in [3.05, 3.63) is 63.5 Å². The molecule has 0 radical (unpaired) electrons. The molecule has 2 aliphatic heterocycles. The predicted molar refractivity (Wildman–Crippen MR) is 119 cm³/mol. The number of aromatic nitrogens is 3. The molecule has 2 amide bonds. The van der Waals surface area contributed by atoms with Gasteiger partial charge in [0.05, 0.1) is 18.9 Å². The van der Waals surface area contributed by atoms with Gasteiger partial charge in [0.25, 0.3) is 0 Å². The summed E-state index contributed by atoms with van der Waals surface area (Å²) in [4.78, 5) is 21.0. The molecule has 8 nitrogen and oxygen atoms in total. The smallest absolute Gasteiger partial charge is 0.319 e. The van der Waals surface area contributed by atoms with Gasteiger partial charge in [-0.3, -0.25) is 9.56 Å². The van der Waals surface area contributed by atoms with Crippen molar-refractivity contribution < 1.29 is 9.53 Å². The molecule has 31 heavy (non-hydrogen) atoms. The van der Waals surface area contributed by atoms with Gasteiger partial charge in [-0.1, -0.05) is 30.3 Å². The van der Waals surface area contributed by atoms with Crippen molar-refractivity contribution in [2.75, 3.05) is 26.3 Å². The molecule has 1 atom stereocenters. The third-order valence-corrected chi connectivity index (χ3v) is 6.96. The molecule has 0 spiro atoms. The van der Waals surface area contributed by atoms with E-state index in [1.54, 1.807) is 16.2 Å². The number of amides is 2. The molecule has 1 N–H and O–H groups in total. The third-order valence-electron chi connectivity index (χ3n) is 5.76. The Hall–Kier alpha value is -3.04. The molecule has 0 bridgehead atoms. The van der Waals surface area contributed by atoms with Crippen molar-refractivity contribution in [3.63, 3.8) is 0 Å². The number of urea groups is 1. The van der Waals surface area contributed by atoms with E-state index in [1.807, 2.05) is 29.7 Å². The molecule has 1 aromatic carbocycles. The first-order valence-electron chi connectivity index (χ1n) is 10.3. The second-order valence-corrected chi connectivity index (χ2v) is 8.90. The minimum atomic E-state index is -0.647. The summed E-state index contributed by atoms with van der Waals surface area (Å²) in [7, 11) is 0. The number of benzene rings is 1. The van der Waals surface area contributed by atoms with Crippen LogP contribution in [0.5, 0.6) is 0 Å². The molecule has 0 aliphatic carbocycles. The largest absolute Gasteiger partial charge is 0.378 e. The van der Waals surface area contributed by atoms with Crippen LogP contribution in [0.3, 0.4) is 0 Å². The predicted octanol–water partition coefficient (Wildman–Crippen LogP) is 3.15. The molecule has 5 rings (SSSR count). The molecular weight excluding hydrogens is 412 g/mol. The van der Waals surface area contributed by atoms with Crippen LogP contribution in [0.15, 0.2) is 35.3 Å². The Morgan fingerprint density at radius 2 is 1.87 bits per heavy atom. The quantitative estimate of drug-likeness (QED) is 0.669. The lowest BCUT2D eigenvalue weighted by molar-refractivity contribution is 0.0525. The fraction of sp³-hybridized carbons (Fsp3) is 0.364. The van der Waals surface area contributed by atoms with Crippen LogP contribution in [0.2, 0.25) is 0 Å². The van der Waals surface area contributed by atoms with Gasteiger partial charge in [0, 0.05) is 29.1 Å². The molecule has 0 saturated carbocycles. The molecule has 4 heterocycles. The number of carbonyl (C=O) groups is 1. The number of nitrogens with zero attached hydrogens (tertiary/aromatic N) is 5. The third kappa shape index (κ3) is 3.43. The number of nitrogens with one attached hydrogen (secondary N) is 1. The summed E-state index contributed by atoms with van der Waals surface area (Å²) in [5.41, 5.74) is 4.11. The van der Waals surface area contributed by atoms with Gasteiger partial charge in [0.15, 0.2) is 12.0 Å². The second-order valence-electron chi connectivity index (χ2n) is 7.70. The Morgan fingerprint density at radius 1 is 1.13 bits per heavy atom. The minimum absolute atomic E-state index is 0.171. The number of carbonyl (C=O) groups excluding carboxylic acids is 1. The number of thiophene rings is 1. The van der Waals surface area contributed by atoms with Gasteiger partial charge in [-0.05, 0) is 26.3 Å². The standard InChI is InChI=1S/C22H24N6O2S/c1-13-14(2)31-21-17(13)18(16-7-5-4-6-8-16)23-19(20-26-25-15(3)28(20)21)24-22(29)27-9-11-30-12-10-27/h4-8,19H,9-12H2,1-3H3,(H,24,29). The maximum Gasteiger partial charge on any atom is 0.319 e. The lowest BCUT2D eigenvalue weighted by atomic mass is 10.00. The number of fused-ring (bicyclic) bond motifs is 3. The van der Waals surface area contributed by atoms with Crippen LogP contribution < -0.4 is 5.32 Å². The molecule has 9 heteroatoms. The van der Waals surface area contributed by atoms with Crippen LogP contribution in [0.25, 0.3) is 5.00 Å². The van der Waals surface area contributed by atoms with Gasteiger partial charge in [-0.25, -0.2) is 4.79 Å². The van der Waals surface area contributed by atoms with Crippen LogP contribution in [0, 0.1) is 20.8 Å². The highest BCUT2D eigenvalue weighted by Crippen LogP contribution is 2.38. The number of aryl methyl sites for hydroxylation is 2. The molecule has 2 aliphatic rings. The van der Waals surface area contributed by atoms with E-state index < -0.39 is 6.17 Å². The van der Waals surface area contributed by atoms with E-state index in [0.29, 0.717) is 32.1 Å². The van der Waals surface area contributed by atoms with E-state index in [2.05, 4.69) is 41.5 Å². The van der Waals surface area contributed by atoms with Gasteiger partial charge in [-0.15, -0.1) is 21.5 Å². The van der Waals surface area contributed by atoms with E-state index in [1.165, 1.54) is 10.4 Å². The lowest BCUT2D eigenvalue weighted by Crippen LogP contribution is -2.47. The summed E-state index contributed by atoms with van der Waals surface area (Å²) < 4.78 is 7.41. The maximum absolute atomic E-state index is 13.0. The fourth-order valence-corrected chi connectivity index (χ4v) is 5.20. The van der Waals surface area contributed by atoms with Gasteiger partial charge >= 0.3 is 6.03 Å². The monoisotopic (exact) mass is 436 g/mol. The van der Waals surface area contributed by atoms with Crippen molar-refractivity contribution in [1.82, 2.24) is 25.0 Å². The van der Waals surface area contributed by atoms with E-state index in [0.717, 1.165) is 27.7 Å². The zero-order chi connectivity index (χ0) is 21.5.